The fourth-order valence-electron chi connectivity index (χ4n) is 9.46. The number of aryl methyl sites for hydroxylation is 13. The van der Waals surface area contributed by atoms with E-state index >= 15 is 0 Å². The number of benzene rings is 5. The van der Waals surface area contributed by atoms with Gasteiger partial charge in [0.2, 0.25) is 28.6 Å². The lowest BCUT2D eigenvalue weighted by atomic mass is 10.0. The maximum Gasteiger partial charge on any atom is 0.330 e. The maximum absolute atomic E-state index is 4.43. The zero-order valence-corrected chi connectivity index (χ0v) is 47.5. The van der Waals surface area contributed by atoms with E-state index in [-0.39, 0.29) is 0 Å². The van der Waals surface area contributed by atoms with Crippen LogP contribution < -0.4 is 22.8 Å². The van der Waals surface area contributed by atoms with E-state index in [0.717, 1.165) is 17.3 Å². The summed E-state index contributed by atoms with van der Waals surface area (Å²) < 4.78 is 14.9. The molecule has 6 aromatic heterocycles. The average molecular weight is 1020 g/mol. The predicted octanol–water partition coefficient (Wildman–Crippen LogP) is 12.6. The molecule has 8 heteroatoms. The molecule has 0 atom stereocenters. The summed E-state index contributed by atoms with van der Waals surface area (Å²) in [5.41, 5.74) is 20.6. The van der Waals surface area contributed by atoms with E-state index in [0.29, 0.717) is 0 Å². The van der Waals surface area contributed by atoms with Gasteiger partial charge in [-0.15, -0.1) is 0 Å². The highest BCUT2D eigenvalue weighted by Crippen LogP contribution is 2.24. The van der Waals surface area contributed by atoms with Gasteiger partial charge < -0.3 is 4.57 Å². The predicted molar refractivity (Wildman–Crippen MR) is 315 cm³/mol. The molecule has 6 heterocycles. The average Bonchev–Trinajstić information content (AvgIpc) is 4.04. The first kappa shape index (κ1) is 55.9. The second-order valence-electron chi connectivity index (χ2n) is 19.8. The van der Waals surface area contributed by atoms with Gasteiger partial charge in [-0.3, -0.25) is 0 Å². The van der Waals surface area contributed by atoms with E-state index in [9.17, 15) is 0 Å². The Morgan fingerprint density at radius 1 is 0.364 bits per heavy atom. The Kier molecular flexibility index (Phi) is 19.3. The van der Waals surface area contributed by atoms with Gasteiger partial charge in [0.1, 0.15) is 46.3 Å². The first-order chi connectivity index (χ1) is 37.1. The largest absolute Gasteiger partial charge is 0.330 e. The highest BCUT2D eigenvalue weighted by Gasteiger charge is 2.22. The number of hydrogen-bond acceptors (Lipinski definition) is 1. The summed E-state index contributed by atoms with van der Waals surface area (Å²) in [7, 11) is 12.4. The van der Waals surface area contributed by atoms with Crippen molar-refractivity contribution >= 4 is 0 Å². The van der Waals surface area contributed by atoms with Crippen LogP contribution in [0.15, 0.2) is 232 Å². The van der Waals surface area contributed by atoms with Crippen molar-refractivity contribution in [2.24, 2.45) is 42.3 Å². The third-order valence-electron chi connectivity index (χ3n) is 13.7. The van der Waals surface area contributed by atoms with Gasteiger partial charge in [-0.1, -0.05) is 91.0 Å². The Morgan fingerprint density at radius 3 is 1.39 bits per heavy atom. The van der Waals surface area contributed by atoms with Crippen molar-refractivity contribution < 1.29 is 22.8 Å². The molecule has 5 aromatic carbocycles. The summed E-state index contributed by atoms with van der Waals surface area (Å²) in [6.07, 6.45) is 16.3. The molecule has 8 nitrogen and oxygen atoms in total. The number of imidazole rings is 2. The van der Waals surface area contributed by atoms with Gasteiger partial charge in [0.15, 0.2) is 24.8 Å². The molecule has 11 rings (SSSR count). The summed E-state index contributed by atoms with van der Waals surface area (Å²) in [5.74, 6) is 2.01. The van der Waals surface area contributed by atoms with Crippen molar-refractivity contribution in [1.29, 1.82) is 0 Å². The van der Waals surface area contributed by atoms with Crippen molar-refractivity contribution in [1.82, 2.24) is 14.1 Å². The molecule has 0 amide bonds. The third kappa shape index (κ3) is 14.3. The van der Waals surface area contributed by atoms with Gasteiger partial charge in [-0.25, -0.2) is 27.8 Å². The van der Waals surface area contributed by atoms with E-state index in [4.69, 9.17) is 0 Å². The molecule has 0 spiro atoms. The topological polar surface area (TPSA) is 42.2 Å². The maximum atomic E-state index is 4.43. The third-order valence-corrected chi connectivity index (χ3v) is 13.7. The molecular formula is C69H77N8+5. The van der Waals surface area contributed by atoms with Gasteiger partial charge in [0, 0.05) is 89.2 Å². The molecule has 0 aliphatic rings. The minimum Gasteiger partial charge on any atom is -0.328 e. The van der Waals surface area contributed by atoms with Crippen molar-refractivity contribution in [3.63, 3.8) is 0 Å². The van der Waals surface area contributed by atoms with E-state index in [1.54, 1.807) is 0 Å². The second-order valence-corrected chi connectivity index (χ2v) is 19.8. The molecule has 0 radical (unpaired) electrons. The number of nitrogens with zero attached hydrogens (tertiary/aromatic N) is 8. The molecule has 0 saturated heterocycles. The van der Waals surface area contributed by atoms with Crippen molar-refractivity contribution in [2.75, 3.05) is 0 Å². The lowest BCUT2D eigenvalue weighted by molar-refractivity contribution is -0.660. The van der Waals surface area contributed by atoms with Gasteiger partial charge >= 0.3 is 5.82 Å². The van der Waals surface area contributed by atoms with Crippen LogP contribution in [0.4, 0.5) is 0 Å². The Hall–Kier alpha value is -8.88. The number of para-hydroxylation sites is 1. The number of hydrogen-bond donors (Lipinski definition) is 0. The van der Waals surface area contributed by atoms with Crippen LogP contribution in [-0.4, -0.2) is 14.1 Å². The van der Waals surface area contributed by atoms with Gasteiger partial charge in [-0.2, -0.15) is 4.57 Å². The molecule has 0 aliphatic carbocycles. The van der Waals surface area contributed by atoms with Crippen LogP contribution in [0.25, 0.3) is 62.4 Å². The lowest BCUT2D eigenvalue weighted by Gasteiger charge is -2.06. The number of pyridine rings is 4. The molecular weight excluding hydrogens is 941 g/mol. The first-order valence-corrected chi connectivity index (χ1v) is 26.3. The van der Waals surface area contributed by atoms with Crippen LogP contribution in [-0.2, 0) is 42.3 Å². The van der Waals surface area contributed by atoms with Crippen LogP contribution >= 0.6 is 0 Å². The monoisotopic (exact) mass is 1020 g/mol. The van der Waals surface area contributed by atoms with Gasteiger partial charge in [0.05, 0.1) is 7.05 Å². The number of aromatic nitrogens is 8. The molecule has 0 aliphatic heterocycles. The van der Waals surface area contributed by atoms with Crippen LogP contribution in [0.2, 0.25) is 0 Å². The van der Waals surface area contributed by atoms with Gasteiger partial charge in [0.25, 0.3) is 0 Å². The molecule has 0 bridgehead atoms. The van der Waals surface area contributed by atoms with E-state index < -0.39 is 0 Å². The molecule has 77 heavy (non-hydrogen) atoms. The summed E-state index contributed by atoms with van der Waals surface area (Å²) in [4.78, 5) is 4.43. The fourth-order valence-corrected chi connectivity index (χ4v) is 9.46. The van der Waals surface area contributed by atoms with E-state index in [2.05, 4.69) is 298 Å². The Morgan fingerprint density at radius 2 is 0.857 bits per heavy atom. The molecule has 11 aromatic rings. The normalized spacial score (nSPS) is 10.4. The summed E-state index contributed by atoms with van der Waals surface area (Å²) in [5, 5.41) is 0. The Bertz CT molecular complexity index is 3630. The van der Waals surface area contributed by atoms with Crippen molar-refractivity contribution in [2.45, 2.75) is 48.5 Å². The summed E-state index contributed by atoms with van der Waals surface area (Å²) in [6, 6.07) is 63.4. The zero-order valence-electron chi connectivity index (χ0n) is 47.5. The van der Waals surface area contributed by atoms with Gasteiger partial charge in [-0.05, 0) is 131 Å². The quantitative estimate of drug-likeness (QED) is 0.153. The zero-order chi connectivity index (χ0) is 55.0. The summed E-state index contributed by atoms with van der Waals surface area (Å²) >= 11 is 0. The van der Waals surface area contributed by atoms with E-state index in [1.165, 1.54) is 84.0 Å². The minimum absolute atomic E-state index is 0.950. The van der Waals surface area contributed by atoms with Crippen molar-refractivity contribution in [3.05, 3.63) is 271 Å². The smallest absolute Gasteiger partial charge is 0.328 e. The standard InChI is InChI=1S/C14H15N4.3C14H16N.C13H14N/c1-16-9-8-15-13(16)14-17(2)10-11-18(14)12-6-4-3-5-7-12;1-11-7-4-5-9-13(11)14-12(2)8-6-10-15(14)3;1-11-8-9-15(3)14(10-11)13-7-5-4-6-12(13)2;1-11-8-9-14(15(3)10-11)13-7-5-4-6-12(13)2;1-11-7-3-4-8-12(11)13-9-5-6-10-14(13)2/h3-11H,1-2H3;3*4-10H,1-3H3;3-10H,1-2H3/q5*+1. The van der Waals surface area contributed by atoms with Crippen LogP contribution in [0.3, 0.4) is 0 Å². The lowest BCUT2D eigenvalue weighted by Crippen LogP contribution is -2.31. The van der Waals surface area contributed by atoms with E-state index in [1.807, 2.05) is 61.5 Å². The molecule has 0 N–H and O–H groups in total. The Labute approximate surface area is 458 Å². The van der Waals surface area contributed by atoms with Crippen LogP contribution in [0, 0.1) is 48.5 Å². The SMILES string of the molecule is Cc1cc[n+](C)c(-c2ccccc2C)c1.Cc1ccc(-c2ccccc2C)[n+](C)c1.Cc1ccccc1-c1c(C)ccc[n+]1C.Cc1ccccc1-c1cccc[n+]1C.Cn1ccnc1-c1n(-c2ccccc2)cc[n+]1C. The van der Waals surface area contributed by atoms with Crippen LogP contribution in [0.5, 0.6) is 0 Å². The second kappa shape index (κ2) is 26.6. The summed E-state index contributed by atoms with van der Waals surface area (Å²) in [6.45, 7) is 15.0. The first-order valence-electron chi connectivity index (χ1n) is 26.3. The van der Waals surface area contributed by atoms with Crippen LogP contribution in [0.1, 0.15) is 38.9 Å². The fraction of sp³-hybridized carbons (Fsp3) is 0.188. The molecule has 0 unspecified atom stereocenters. The number of rotatable bonds is 6. The highest BCUT2D eigenvalue weighted by molar-refractivity contribution is 5.64. The minimum atomic E-state index is 0.950. The molecule has 0 saturated carbocycles. The Balaban J connectivity index is 0.000000140. The molecule has 0 fully saturated rings. The highest BCUT2D eigenvalue weighted by atomic mass is 15.2. The van der Waals surface area contributed by atoms with Crippen molar-refractivity contribution in [3.8, 4) is 62.4 Å². The molecule has 388 valence electrons.